The van der Waals surface area contributed by atoms with Gasteiger partial charge in [-0.15, -0.1) is 21.5 Å². The van der Waals surface area contributed by atoms with Crippen molar-refractivity contribution in [3.63, 3.8) is 0 Å². The summed E-state index contributed by atoms with van der Waals surface area (Å²) in [5.41, 5.74) is 2.29. The number of fused-ring (bicyclic) bond motifs is 1. The van der Waals surface area contributed by atoms with Gasteiger partial charge in [0, 0.05) is 23.5 Å². The van der Waals surface area contributed by atoms with Crippen molar-refractivity contribution in [2.75, 3.05) is 25.5 Å². The molecule has 1 aromatic carbocycles. The predicted molar refractivity (Wildman–Crippen MR) is 104 cm³/mol. The molecule has 4 rings (SSSR count). The number of thiophene rings is 1. The first-order valence-corrected chi connectivity index (χ1v) is 9.96. The number of amides is 1. The van der Waals surface area contributed by atoms with E-state index in [1.165, 1.54) is 21.8 Å². The number of aromatic nitrogens is 2. The van der Waals surface area contributed by atoms with Crippen molar-refractivity contribution in [1.82, 2.24) is 15.1 Å². The van der Waals surface area contributed by atoms with Crippen molar-refractivity contribution in [1.29, 1.82) is 0 Å². The minimum Gasteiger partial charge on any atom is -0.497 e. The molecule has 3 heterocycles. The van der Waals surface area contributed by atoms with E-state index in [9.17, 15) is 4.79 Å². The van der Waals surface area contributed by atoms with Crippen LogP contribution in [-0.2, 0) is 17.8 Å². The summed E-state index contributed by atoms with van der Waals surface area (Å²) < 4.78 is 5.16. The zero-order chi connectivity index (χ0) is 17.9. The van der Waals surface area contributed by atoms with E-state index >= 15 is 0 Å². The van der Waals surface area contributed by atoms with Gasteiger partial charge in [-0.25, -0.2) is 0 Å². The monoisotopic (exact) mass is 386 g/mol. The highest BCUT2D eigenvalue weighted by atomic mass is 32.1. The lowest BCUT2D eigenvalue weighted by molar-refractivity contribution is -0.117. The van der Waals surface area contributed by atoms with Gasteiger partial charge in [0.2, 0.25) is 11.0 Å². The molecule has 0 fully saturated rings. The first kappa shape index (κ1) is 17.1. The third kappa shape index (κ3) is 3.77. The standard InChI is InChI=1S/C18H18N4O2S2/c1-24-14-4-2-12(3-5-14)17-20-21-18(26-17)19-16(23)11-22-8-6-15-13(10-22)7-9-25-15/h2-5,7,9H,6,8,10-11H2,1H3,(H,19,21,23). The molecule has 0 bridgehead atoms. The third-order valence-corrected chi connectivity index (χ3v) is 6.17. The molecule has 0 saturated heterocycles. The number of hydrogen-bond donors (Lipinski definition) is 1. The van der Waals surface area contributed by atoms with E-state index in [1.54, 1.807) is 18.4 Å². The van der Waals surface area contributed by atoms with Crippen molar-refractivity contribution < 1.29 is 9.53 Å². The van der Waals surface area contributed by atoms with Crippen LogP contribution in [0.25, 0.3) is 10.6 Å². The van der Waals surface area contributed by atoms with Gasteiger partial charge in [-0.3, -0.25) is 15.0 Å². The average molecular weight is 387 g/mol. The molecule has 3 aromatic rings. The quantitative estimate of drug-likeness (QED) is 0.729. The summed E-state index contributed by atoms with van der Waals surface area (Å²) in [5, 5.41) is 14.5. The van der Waals surface area contributed by atoms with Crippen LogP contribution in [0.15, 0.2) is 35.7 Å². The Kier molecular flexibility index (Phi) is 4.96. The lowest BCUT2D eigenvalue weighted by Gasteiger charge is -2.25. The van der Waals surface area contributed by atoms with Crippen LogP contribution in [0.5, 0.6) is 5.75 Å². The summed E-state index contributed by atoms with van der Waals surface area (Å²) in [4.78, 5) is 15.9. The van der Waals surface area contributed by atoms with Crippen LogP contribution in [0, 0.1) is 0 Å². The zero-order valence-corrected chi connectivity index (χ0v) is 15.9. The maximum absolute atomic E-state index is 12.3. The normalized spacial score (nSPS) is 14.0. The van der Waals surface area contributed by atoms with Crippen LogP contribution in [-0.4, -0.2) is 41.2 Å². The maximum atomic E-state index is 12.3. The van der Waals surface area contributed by atoms with Gasteiger partial charge in [-0.05, 0) is 47.7 Å². The van der Waals surface area contributed by atoms with Gasteiger partial charge in [0.05, 0.1) is 13.7 Å². The number of nitrogens with zero attached hydrogens (tertiary/aromatic N) is 3. The molecule has 134 valence electrons. The predicted octanol–water partition coefficient (Wildman–Crippen LogP) is 3.27. The fourth-order valence-electron chi connectivity index (χ4n) is 2.93. The Bertz CT molecular complexity index is 904. The second-order valence-corrected chi connectivity index (χ2v) is 8.00. The van der Waals surface area contributed by atoms with Gasteiger partial charge >= 0.3 is 0 Å². The van der Waals surface area contributed by atoms with Crippen molar-refractivity contribution >= 4 is 33.7 Å². The average Bonchev–Trinajstić information content (AvgIpc) is 3.30. The number of nitrogens with one attached hydrogen (secondary N) is 1. The van der Waals surface area contributed by atoms with E-state index in [2.05, 4.69) is 31.9 Å². The van der Waals surface area contributed by atoms with Gasteiger partial charge in [-0.1, -0.05) is 11.3 Å². The summed E-state index contributed by atoms with van der Waals surface area (Å²) >= 11 is 3.17. The molecule has 2 aromatic heterocycles. The van der Waals surface area contributed by atoms with Gasteiger partial charge in [0.15, 0.2) is 0 Å². The molecule has 26 heavy (non-hydrogen) atoms. The fraction of sp³-hybridized carbons (Fsp3) is 0.278. The molecule has 0 unspecified atom stereocenters. The molecule has 6 nitrogen and oxygen atoms in total. The van der Waals surface area contributed by atoms with Crippen molar-refractivity contribution in [3.05, 3.63) is 46.2 Å². The highest BCUT2D eigenvalue weighted by molar-refractivity contribution is 7.18. The molecule has 1 N–H and O–H groups in total. The number of methoxy groups -OCH3 is 1. The number of rotatable bonds is 5. The van der Waals surface area contributed by atoms with E-state index in [4.69, 9.17) is 4.74 Å². The minimum absolute atomic E-state index is 0.0545. The maximum Gasteiger partial charge on any atom is 0.240 e. The molecular weight excluding hydrogens is 368 g/mol. The van der Waals surface area contributed by atoms with Crippen LogP contribution in [0.4, 0.5) is 5.13 Å². The van der Waals surface area contributed by atoms with Crippen LogP contribution in [0.1, 0.15) is 10.4 Å². The Hall–Kier alpha value is -2.29. The van der Waals surface area contributed by atoms with Crippen molar-refractivity contribution in [3.8, 4) is 16.3 Å². The Morgan fingerprint density at radius 3 is 2.92 bits per heavy atom. The Balaban J connectivity index is 1.35. The minimum atomic E-state index is -0.0545. The molecular formula is C18H18N4O2S2. The number of carbonyl (C=O) groups is 1. The van der Waals surface area contributed by atoms with Gasteiger partial charge in [-0.2, -0.15) is 0 Å². The fourth-order valence-corrected chi connectivity index (χ4v) is 4.58. The van der Waals surface area contributed by atoms with Crippen LogP contribution < -0.4 is 10.1 Å². The highest BCUT2D eigenvalue weighted by Crippen LogP contribution is 2.28. The summed E-state index contributed by atoms with van der Waals surface area (Å²) in [5.74, 6) is 0.739. The summed E-state index contributed by atoms with van der Waals surface area (Å²) in [6.45, 7) is 2.11. The summed E-state index contributed by atoms with van der Waals surface area (Å²) in [7, 11) is 1.63. The molecule has 0 aliphatic carbocycles. The van der Waals surface area contributed by atoms with Crippen LogP contribution in [0.3, 0.4) is 0 Å². The molecule has 0 spiro atoms. The van der Waals surface area contributed by atoms with Crippen molar-refractivity contribution in [2.24, 2.45) is 0 Å². The van der Waals surface area contributed by atoms with E-state index in [-0.39, 0.29) is 5.91 Å². The molecule has 1 aliphatic heterocycles. The second kappa shape index (κ2) is 7.53. The number of ether oxygens (including phenoxy) is 1. The number of hydrogen-bond acceptors (Lipinski definition) is 7. The van der Waals surface area contributed by atoms with Gasteiger partial charge < -0.3 is 4.74 Å². The van der Waals surface area contributed by atoms with E-state index in [0.717, 1.165) is 35.8 Å². The van der Waals surface area contributed by atoms with Crippen molar-refractivity contribution in [2.45, 2.75) is 13.0 Å². The number of carbonyl (C=O) groups excluding carboxylic acids is 1. The first-order chi connectivity index (χ1) is 12.7. The molecule has 0 atom stereocenters. The Labute approximate surface area is 159 Å². The third-order valence-electron chi connectivity index (χ3n) is 4.26. The van der Waals surface area contributed by atoms with Gasteiger partial charge in [0.1, 0.15) is 10.8 Å². The molecule has 8 heteroatoms. The van der Waals surface area contributed by atoms with E-state index in [1.807, 2.05) is 24.3 Å². The Morgan fingerprint density at radius 2 is 2.12 bits per heavy atom. The Morgan fingerprint density at radius 1 is 1.27 bits per heavy atom. The highest BCUT2D eigenvalue weighted by Gasteiger charge is 2.20. The summed E-state index contributed by atoms with van der Waals surface area (Å²) in [6, 6.07) is 9.76. The SMILES string of the molecule is COc1ccc(-c2nnc(NC(=O)CN3CCc4sccc4C3)s2)cc1. The zero-order valence-electron chi connectivity index (χ0n) is 14.3. The van der Waals surface area contributed by atoms with E-state index < -0.39 is 0 Å². The molecule has 0 radical (unpaired) electrons. The molecule has 1 aliphatic rings. The second-order valence-electron chi connectivity index (χ2n) is 6.02. The van der Waals surface area contributed by atoms with Crippen LogP contribution in [0.2, 0.25) is 0 Å². The number of benzene rings is 1. The molecule has 1 amide bonds. The lowest BCUT2D eigenvalue weighted by Crippen LogP contribution is -2.36. The van der Waals surface area contributed by atoms with Gasteiger partial charge in [0.25, 0.3) is 0 Å². The van der Waals surface area contributed by atoms with E-state index in [0.29, 0.717) is 11.7 Å². The van der Waals surface area contributed by atoms with Crippen LogP contribution >= 0.6 is 22.7 Å². The summed E-state index contributed by atoms with van der Waals surface area (Å²) in [6.07, 6.45) is 1.01. The first-order valence-electron chi connectivity index (χ1n) is 8.26. The topological polar surface area (TPSA) is 67.4 Å². The smallest absolute Gasteiger partial charge is 0.240 e. The lowest BCUT2D eigenvalue weighted by atomic mass is 10.1. The number of anilines is 1. The largest absolute Gasteiger partial charge is 0.497 e. The molecule has 0 saturated carbocycles.